The summed E-state index contributed by atoms with van der Waals surface area (Å²) in [5.41, 5.74) is 0.242. The zero-order valence-electron chi connectivity index (χ0n) is 14.4. The van der Waals surface area contributed by atoms with E-state index < -0.39 is 29.6 Å². The van der Waals surface area contributed by atoms with Crippen molar-refractivity contribution in [2.75, 3.05) is 0 Å². The van der Waals surface area contributed by atoms with E-state index in [1.165, 1.54) is 6.92 Å². The van der Waals surface area contributed by atoms with Crippen LogP contribution >= 0.6 is 0 Å². The number of hydrogen-bond acceptors (Lipinski definition) is 5. The summed E-state index contributed by atoms with van der Waals surface area (Å²) in [6, 6.07) is 20.6. The second kappa shape index (κ2) is 7.40. The molecule has 132 valence electrons. The van der Waals surface area contributed by atoms with Gasteiger partial charge in [-0.05, 0) is 11.1 Å². The fourth-order valence-corrected chi connectivity index (χ4v) is 3.25. The zero-order chi connectivity index (χ0) is 18.6. The normalized spacial score (nSPS) is 22.9. The Morgan fingerprint density at radius 2 is 1.85 bits per heavy atom. The van der Waals surface area contributed by atoms with Crippen molar-refractivity contribution in [1.82, 2.24) is 0 Å². The lowest BCUT2D eigenvalue weighted by Crippen LogP contribution is -2.28. The van der Waals surface area contributed by atoms with Crippen LogP contribution in [0.25, 0.3) is 0 Å². The summed E-state index contributed by atoms with van der Waals surface area (Å²) < 4.78 is 10.9. The first kappa shape index (κ1) is 17.7. The second-order valence-corrected chi connectivity index (χ2v) is 6.42. The number of benzene rings is 2. The molecule has 3 unspecified atom stereocenters. The summed E-state index contributed by atoms with van der Waals surface area (Å²) >= 11 is 0. The molecule has 0 amide bonds. The molecule has 0 bridgehead atoms. The zero-order valence-corrected chi connectivity index (χ0v) is 14.4. The first-order chi connectivity index (χ1) is 12.5. The van der Waals surface area contributed by atoms with Crippen LogP contribution in [0.15, 0.2) is 60.7 Å². The van der Waals surface area contributed by atoms with Gasteiger partial charge in [0.25, 0.3) is 0 Å². The highest BCUT2D eigenvalue weighted by atomic mass is 16.6. The van der Waals surface area contributed by atoms with E-state index >= 15 is 0 Å². The molecule has 0 saturated carbocycles. The summed E-state index contributed by atoms with van der Waals surface area (Å²) in [5, 5.41) is 9.79. The monoisotopic (exact) mass is 349 g/mol. The van der Waals surface area contributed by atoms with E-state index in [2.05, 4.69) is 6.07 Å². The number of esters is 2. The number of carbonyl (C=O) groups is 2. The molecule has 5 nitrogen and oxygen atoms in total. The van der Waals surface area contributed by atoms with Crippen LogP contribution in [-0.4, -0.2) is 11.9 Å². The molecule has 26 heavy (non-hydrogen) atoms. The van der Waals surface area contributed by atoms with Gasteiger partial charge in [0.2, 0.25) is 0 Å². The molecule has 3 atom stereocenters. The van der Waals surface area contributed by atoms with Crippen molar-refractivity contribution in [3.05, 3.63) is 71.8 Å². The van der Waals surface area contributed by atoms with Crippen molar-refractivity contribution in [3.8, 4) is 6.07 Å². The number of ether oxygens (including phenoxy) is 2. The fraction of sp³-hybridized carbons (Fsp3) is 0.286. The lowest BCUT2D eigenvalue weighted by molar-refractivity contribution is -0.153. The highest BCUT2D eigenvalue weighted by Crippen LogP contribution is 2.47. The van der Waals surface area contributed by atoms with E-state index in [0.29, 0.717) is 0 Å². The SMILES string of the molecule is CC(=O)OC(CC1(C#N)CC(c2ccccc2)OC1=O)c1ccccc1. The van der Waals surface area contributed by atoms with E-state index in [1.54, 1.807) is 0 Å². The summed E-state index contributed by atoms with van der Waals surface area (Å²) in [7, 11) is 0. The maximum Gasteiger partial charge on any atom is 0.327 e. The van der Waals surface area contributed by atoms with Crippen molar-refractivity contribution >= 4 is 11.9 Å². The fourth-order valence-electron chi connectivity index (χ4n) is 3.25. The number of nitrogens with zero attached hydrogens (tertiary/aromatic N) is 1. The molecule has 0 aromatic heterocycles. The molecule has 5 heteroatoms. The Hall–Kier alpha value is -3.13. The Labute approximate surface area is 152 Å². The Kier molecular flexibility index (Phi) is 5.04. The van der Waals surface area contributed by atoms with Crippen LogP contribution in [-0.2, 0) is 19.1 Å². The van der Waals surface area contributed by atoms with Gasteiger partial charge in [-0.25, -0.2) is 0 Å². The van der Waals surface area contributed by atoms with Crippen LogP contribution in [0.3, 0.4) is 0 Å². The lowest BCUT2D eigenvalue weighted by atomic mass is 9.78. The summed E-state index contributed by atoms with van der Waals surface area (Å²) in [5.74, 6) is -1.03. The predicted molar refractivity (Wildman–Crippen MR) is 93.5 cm³/mol. The van der Waals surface area contributed by atoms with Gasteiger partial charge in [0, 0.05) is 19.8 Å². The van der Waals surface area contributed by atoms with Crippen molar-refractivity contribution in [1.29, 1.82) is 5.26 Å². The van der Waals surface area contributed by atoms with Crippen LogP contribution < -0.4 is 0 Å². The molecular weight excluding hydrogens is 330 g/mol. The third kappa shape index (κ3) is 3.60. The summed E-state index contributed by atoms with van der Waals surface area (Å²) in [6.07, 6.45) is -0.862. The Bertz CT molecular complexity index is 828. The van der Waals surface area contributed by atoms with Crippen molar-refractivity contribution in [2.24, 2.45) is 5.41 Å². The van der Waals surface area contributed by atoms with Gasteiger partial charge < -0.3 is 9.47 Å². The molecular formula is C21H19NO4. The topological polar surface area (TPSA) is 76.4 Å². The molecule has 0 radical (unpaired) electrons. The van der Waals surface area contributed by atoms with Gasteiger partial charge in [-0.2, -0.15) is 5.26 Å². The molecule has 1 heterocycles. The highest BCUT2D eigenvalue weighted by molar-refractivity contribution is 5.82. The number of nitriles is 1. The van der Waals surface area contributed by atoms with Crippen LogP contribution in [0, 0.1) is 16.7 Å². The molecule has 1 saturated heterocycles. The standard InChI is InChI=1S/C21H19NO4/c1-15(23)25-18(16-8-4-2-5-9-16)12-21(14-22)13-19(26-20(21)24)17-10-6-3-7-11-17/h2-11,18-19H,12-13H2,1H3. The maximum atomic E-state index is 12.6. The molecule has 1 fully saturated rings. The summed E-state index contributed by atoms with van der Waals surface area (Å²) in [6.45, 7) is 1.31. The van der Waals surface area contributed by atoms with Gasteiger partial charge in [-0.15, -0.1) is 0 Å². The third-order valence-corrected chi connectivity index (χ3v) is 4.57. The van der Waals surface area contributed by atoms with E-state index in [9.17, 15) is 14.9 Å². The highest BCUT2D eigenvalue weighted by Gasteiger charge is 2.52. The minimum absolute atomic E-state index is 0.0647. The second-order valence-electron chi connectivity index (χ2n) is 6.42. The summed E-state index contributed by atoms with van der Waals surface area (Å²) in [4.78, 5) is 24.1. The van der Waals surface area contributed by atoms with Crippen LogP contribution in [0.2, 0.25) is 0 Å². The van der Waals surface area contributed by atoms with Gasteiger partial charge >= 0.3 is 11.9 Å². The van der Waals surface area contributed by atoms with Crippen LogP contribution in [0.5, 0.6) is 0 Å². The van der Waals surface area contributed by atoms with Gasteiger partial charge in [0.15, 0.2) is 5.41 Å². The van der Waals surface area contributed by atoms with E-state index in [1.807, 2.05) is 60.7 Å². The van der Waals surface area contributed by atoms with Crippen LogP contribution in [0.4, 0.5) is 0 Å². The molecule has 1 aliphatic heterocycles. The number of cyclic esters (lactones) is 1. The average Bonchev–Trinajstić information content (AvgIpc) is 2.99. The van der Waals surface area contributed by atoms with E-state index in [4.69, 9.17) is 9.47 Å². The number of hydrogen-bond donors (Lipinski definition) is 0. The Morgan fingerprint density at radius 3 is 2.42 bits per heavy atom. The lowest BCUT2D eigenvalue weighted by Gasteiger charge is -2.24. The van der Waals surface area contributed by atoms with Gasteiger partial charge in [-0.1, -0.05) is 60.7 Å². The molecule has 2 aromatic carbocycles. The van der Waals surface area contributed by atoms with Gasteiger partial charge in [0.05, 0.1) is 6.07 Å². The van der Waals surface area contributed by atoms with E-state index in [-0.39, 0.29) is 12.8 Å². The maximum absolute atomic E-state index is 12.6. The van der Waals surface area contributed by atoms with Crippen LogP contribution in [0.1, 0.15) is 43.1 Å². The van der Waals surface area contributed by atoms with E-state index in [0.717, 1.165) is 11.1 Å². The smallest absolute Gasteiger partial charge is 0.327 e. The molecule has 3 rings (SSSR count). The van der Waals surface area contributed by atoms with Crippen molar-refractivity contribution < 1.29 is 19.1 Å². The molecule has 0 spiro atoms. The van der Waals surface area contributed by atoms with Crippen molar-refractivity contribution in [3.63, 3.8) is 0 Å². The van der Waals surface area contributed by atoms with Gasteiger partial charge in [0.1, 0.15) is 12.2 Å². The largest absolute Gasteiger partial charge is 0.458 e. The van der Waals surface area contributed by atoms with Crippen molar-refractivity contribution in [2.45, 2.75) is 32.0 Å². The predicted octanol–water partition coefficient (Wildman–Crippen LogP) is 3.88. The number of carbonyl (C=O) groups excluding carboxylic acids is 2. The first-order valence-electron chi connectivity index (χ1n) is 8.43. The third-order valence-electron chi connectivity index (χ3n) is 4.57. The minimum atomic E-state index is -1.35. The first-order valence-corrected chi connectivity index (χ1v) is 8.43. The molecule has 1 aliphatic rings. The quantitative estimate of drug-likeness (QED) is 0.766. The Balaban J connectivity index is 1.87. The molecule has 0 N–H and O–H groups in total. The molecule has 2 aromatic rings. The number of rotatable bonds is 5. The molecule has 0 aliphatic carbocycles. The minimum Gasteiger partial charge on any atom is -0.458 e. The average molecular weight is 349 g/mol. The Morgan fingerprint density at radius 1 is 1.23 bits per heavy atom. The van der Waals surface area contributed by atoms with Gasteiger partial charge in [-0.3, -0.25) is 9.59 Å².